The molecule has 0 bridgehead atoms. The maximum Gasteiger partial charge on any atom is 0.460 e. The van der Waals surface area contributed by atoms with Crippen LogP contribution in [-0.4, -0.2) is 164 Å². The highest BCUT2D eigenvalue weighted by atomic mass is 19.4. The normalized spacial score (nSPS) is 15.1. The van der Waals surface area contributed by atoms with Gasteiger partial charge in [-0.25, -0.2) is 0 Å². The van der Waals surface area contributed by atoms with E-state index in [0.29, 0.717) is 4.90 Å². The minimum absolute atomic E-state index is 0.0822. The summed E-state index contributed by atoms with van der Waals surface area (Å²) in [6.45, 7) is -3.70. The van der Waals surface area contributed by atoms with E-state index in [1.54, 1.807) is 0 Å². The van der Waals surface area contributed by atoms with Crippen LogP contribution in [0, 0.1) is 0 Å². The van der Waals surface area contributed by atoms with Crippen LogP contribution in [0.25, 0.3) is 0 Å². The van der Waals surface area contributed by atoms with Crippen molar-refractivity contribution >= 4 is 0 Å². The number of hydrogen-bond acceptors (Lipinski definition) is 7. The van der Waals surface area contributed by atoms with Gasteiger partial charge in [-0.05, 0) is 0 Å². The van der Waals surface area contributed by atoms with Crippen LogP contribution in [0.1, 0.15) is 6.42 Å². The third-order valence-corrected chi connectivity index (χ3v) is 7.03. The third kappa shape index (κ3) is 11.0. The molecule has 0 saturated heterocycles. The fourth-order valence-corrected chi connectivity index (χ4v) is 3.70. The van der Waals surface area contributed by atoms with Crippen LogP contribution in [0.5, 0.6) is 0 Å². The molecule has 0 unspecified atom stereocenters. The molecule has 7 nitrogen and oxygen atoms in total. The molecule has 0 N–H and O–H groups in total. The van der Waals surface area contributed by atoms with Crippen LogP contribution in [0.3, 0.4) is 0 Å². The van der Waals surface area contributed by atoms with Gasteiger partial charge >= 0.3 is 59.5 Å². The molecule has 0 heterocycles. The van der Waals surface area contributed by atoms with Gasteiger partial charge in [-0.1, -0.05) is 0 Å². The highest BCUT2D eigenvalue weighted by molar-refractivity contribution is 5.18. The third-order valence-electron chi connectivity index (χ3n) is 7.03. The first kappa shape index (κ1) is 52.2. The molecule has 54 heavy (non-hydrogen) atoms. The molecule has 0 aromatic carbocycles. The fraction of sp³-hybridized carbons (Fsp3) is 1.00. The van der Waals surface area contributed by atoms with E-state index in [1.807, 2.05) is 0 Å². The van der Waals surface area contributed by atoms with E-state index < -0.39 is 98.7 Å². The van der Waals surface area contributed by atoms with Gasteiger partial charge in [-0.2, -0.15) is 92.2 Å². The van der Waals surface area contributed by atoms with Crippen molar-refractivity contribution in [3.63, 3.8) is 0 Å². The Labute approximate surface area is 292 Å². The average Bonchev–Trinajstić information content (AvgIpc) is 3.04. The molecule has 0 radical (unpaired) electrons. The fourth-order valence-electron chi connectivity index (χ4n) is 3.70. The van der Waals surface area contributed by atoms with Gasteiger partial charge in [0.25, 0.3) is 0 Å². The summed E-state index contributed by atoms with van der Waals surface area (Å²) in [6.07, 6.45) is -10.8. The summed E-state index contributed by atoms with van der Waals surface area (Å²) in [7, 11) is 2.69. The van der Waals surface area contributed by atoms with E-state index in [9.17, 15) is 92.2 Å². The number of nitrogens with zero attached hydrogens (tertiary/aromatic N) is 1. The van der Waals surface area contributed by atoms with Crippen molar-refractivity contribution in [3.8, 4) is 0 Å². The summed E-state index contributed by atoms with van der Waals surface area (Å²) in [4.78, 5) is 0.657. The van der Waals surface area contributed by atoms with E-state index in [0.717, 1.165) is 0 Å². The van der Waals surface area contributed by atoms with Gasteiger partial charge in [0.05, 0.1) is 66.1 Å². The van der Waals surface area contributed by atoms with Crippen LogP contribution in [0.4, 0.5) is 92.2 Å². The zero-order valence-electron chi connectivity index (χ0n) is 27.7. The molecular formula is C26H34F21NO6. The van der Waals surface area contributed by atoms with Gasteiger partial charge in [0.2, 0.25) is 0 Å². The maximum atomic E-state index is 14.5. The molecule has 0 amide bonds. The summed E-state index contributed by atoms with van der Waals surface area (Å²) in [5, 5.41) is 0. The summed E-state index contributed by atoms with van der Waals surface area (Å²) >= 11 is 0. The average molecular weight is 856 g/mol. The SMILES string of the molecule is COCCOCCOCCN(CCOCCOCCOC)CCC(F)(F)C(F)(F)C(F)(F)C(F)(F)C(F)(F)C(F)(F)C(F)(F)C(F)(F)C(F)(F)C(F)(F)F. The summed E-state index contributed by atoms with van der Waals surface area (Å²) in [6, 6.07) is 0. The Bertz CT molecular complexity index is 1070. The summed E-state index contributed by atoms with van der Waals surface area (Å²) in [5.41, 5.74) is 0. The number of rotatable bonds is 29. The lowest BCUT2D eigenvalue weighted by molar-refractivity contribution is -0.474. The Kier molecular flexibility index (Phi) is 19.0. The second-order valence-corrected chi connectivity index (χ2v) is 10.8. The largest absolute Gasteiger partial charge is 0.460 e. The Morgan fingerprint density at radius 1 is 0.315 bits per heavy atom. The second-order valence-electron chi connectivity index (χ2n) is 10.8. The van der Waals surface area contributed by atoms with Crippen molar-refractivity contribution in [2.45, 2.75) is 65.9 Å². The lowest BCUT2D eigenvalue weighted by atomic mass is 9.86. The molecule has 0 rings (SSSR count). The Hall–Kier alpha value is -1.75. The molecular weight excluding hydrogens is 821 g/mol. The molecule has 0 spiro atoms. The lowest BCUT2D eigenvalue weighted by Gasteiger charge is -2.44. The van der Waals surface area contributed by atoms with Gasteiger partial charge in [-0.15, -0.1) is 0 Å². The minimum Gasteiger partial charge on any atom is -0.382 e. The van der Waals surface area contributed by atoms with Gasteiger partial charge in [-0.3, -0.25) is 4.90 Å². The van der Waals surface area contributed by atoms with E-state index in [1.165, 1.54) is 14.2 Å². The molecule has 0 fully saturated rings. The molecule has 0 saturated carbocycles. The van der Waals surface area contributed by atoms with Crippen LogP contribution in [0.15, 0.2) is 0 Å². The number of ether oxygens (including phenoxy) is 6. The first-order valence-electron chi connectivity index (χ1n) is 14.7. The number of hydrogen-bond donors (Lipinski definition) is 0. The standard InChI is InChI=1S/C26H34F21NO6/c1-49-9-11-53-15-13-51-7-5-48(6-8-52-14-16-54-12-10-50-2)4-3-17(27,28)18(29,30)19(31,32)20(33,34)21(35,36)22(37,38)23(39,40)24(41,42)25(43,44)26(45,46)47/h3-16H2,1-2H3. The lowest BCUT2D eigenvalue weighted by Crippen LogP contribution is -2.76. The summed E-state index contributed by atoms with van der Waals surface area (Å²) in [5.74, 6) is -77.2. The molecule has 0 aliphatic carbocycles. The number of alkyl halides is 21. The van der Waals surface area contributed by atoms with E-state index in [2.05, 4.69) is 9.47 Å². The Balaban J connectivity index is 6.24. The topological polar surface area (TPSA) is 58.6 Å². The highest BCUT2D eigenvalue weighted by Gasteiger charge is 2.97. The Morgan fingerprint density at radius 2 is 0.574 bits per heavy atom. The van der Waals surface area contributed by atoms with Crippen LogP contribution in [0.2, 0.25) is 0 Å². The van der Waals surface area contributed by atoms with Crippen molar-refractivity contribution in [3.05, 3.63) is 0 Å². The summed E-state index contributed by atoms with van der Waals surface area (Å²) < 4.78 is 317. The first-order chi connectivity index (χ1) is 24.2. The smallest absolute Gasteiger partial charge is 0.382 e. The van der Waals surface area contributed by atoms with Crippen LogP contribution in [-0.2, 0) is 28.4 Å². The molecule has 0 aliphatic rings. The van der Waals surface area contributed by atoms with Crippen LogP contribution >= 0.6 is 0 Å². The van der Waals surface area contributed by atoms with Gasteiger partial charge < -0.3 is 28.4 Å². The van der Waals surface area contributed by atoms with Crippen molar-refractivity contribution in [2.24, 2.45) is 0 Å². The molecule has 326 valence electrons. The van der Waals surface area contributed by atoms with Crippen molar-refractivity contribution < 1.29 is 121 Å². The first-order valence-corrected chi connectivity index (χ1v) is 14.7. The minimum atomic E-state index is -9.21. The molecule has 0 aromatic heterocycles. The van der Waals surface area contributed by atoms with Crippen molar-refractivity contribution in [2.75, 3.05) is 99.9 Å². The van der Waals surface area contributed by atoms with E-state index in [4.69, 9.17) is 18.9 Å². The van der Waals surface area contributed by atoms with Crippen LogP contribution < -0.4 is 0 Å². The highest BCUT2D eigenvalue weighted by Crippen LogP contribution is 2.66. The van der Waals surface area contributed by atoms with E-state index in [-0.39, 0.29) is 52.9 Å². The zero-order chi connectivity index (χ0) is 42.7. The van der Waals surface area contributed by atoms with Gasteiger partial charge in [0.1, 0.15) is 0 Å². The van der Waals surface area contributed by atoms with Gasteiger partial charge in [0.15, 0.2) is 0 Å². The second kappa shape index (κ2) is 19.6. The molecule has 28 heteroatoms. The maximum absolute atomic E-state index is 14.5. The number of methoxy groups -OCH3 is 2. The van der Waals surface area contributed by atoms with Gasteiger partial charge in [0, 0.05) is 40.3 Å². The predicted octanol–water partition coefficient (Wildman–Crippen LogP) is 7.32. The van der Waals surface area contributed by atoms with E-state index >= 15 is 0 Å². The molecule has 0 aliphatic heterocycles. The molecule has 0 aromatic rings. The quantitative estimate of drug-likeness (QED) is 0.0578. The van der Waals surface area contributed by atoms with Crippen molar-refractivity contribution in [1.29, 1.82) is 0 Å². The predicted molar refractivity (Wildman–Crippen MR) is 139 cm³/mol. The monoisotopic (exact) mass is 855 g/mol. The Morgan fingerprint density at radius 3 is 0.870 bits per heavy atom. The number of halogens is 21. The molecule has 0 atom stereocenters. The zero-order valence-corrected chi connectivity index (χ0v) is 27.7. The van der Waals surface area contributed by atoms with Crippen molar-refractivity contribution in [1.82, 2.24) is 4.90 Å².